The maximum atomic E-state index is 12.0. The van der Waals surface area contributed by atoms with Crippen molar-refractivity contribution in [3.05, 3.63) is 70.8 Å². The van der Waals surface area contributed by atoms with Gasteiger partial charge in [0.05, 0.1) is 6.61 Å². The van der Waals surface area contributed by atoms with Gasteiger partial charge in [-0.05, 0) is 41.8 Å². The van der Waals surface area contributed by atoms with Gasteiger partial charge < -0.3 is 4.74 Å². The van der Waals surface area contributed by atoms with Gasteiger partial charge in [0.15, 0.2) is 0 Å². The third-order valence-electron chi connectivity index (χ3n) is 3.44. The van der Waals surface area contributed by atoms with Crippen LogP contribution >= 0.6 is 0 Å². The van der Waals surface area contributed by atoms with Crippen molar-refractivity contribution in [2.45, 2.75) is 20.0 Å². The summed E-state index contributed by atoms with van der Waals surface area (Å²) in [7, 11) is 1.61. The molecule has 0 aromatic heterocycles. The van der Waals surface area contributed by atoms with Crippen molar-refractivity contribution < 1.29 is 14.3 Å². The van der Waals surface area contributed by atoms with E-state index in [1.54, 1.807) is 31.4 Å². The summed E-state index contributed by atoms with van der Waals surface area (Å²) < 4.78 is 5.02. The Kier molecular flexibility index (Phi) is 5.88. The Labute approximate surface area is 135 Å². The molecule has 120 valence electrons. The lowest BCUT2D eigenvalue weighted by atomic mass is 10.1. The van der Waals surface area contributed by atoms with Crippen molar-refractivity contribution in [3.8, 4) is 0 Å². The number of carbonyl (C=O) groups is 2. The Bertz CT molecular complexity index is 664. The molecule has 0 aliphatic heterocycles. The first-order chi connectivity index (χ1) is 11.1. The molecule has 5 heteroatoms. The summed E-state index contributed by atoms with van der Waals surface area (Å²) in [5, 5.41) is 0. The van der Waals surface area contributed by atoms with E-state index in [-0.39, 0.29) is 11.8 Å². The summed E-state index contributed by atoms with van der Waals surface area (Å²) in [5.41, 5.74) is 7.91. The molecule has 2 aromatic rings. The van der Waals surface area contributed by atoms with Crippen LogP contribution in [-0.2, 0) is 17.8 Å². The maximum Gasteiger partial charge on any atom is 0.269 e. The molecule has 0 aliphatic carbocycles. The molecule has 0 heterocycles. The normalized spacial score (nSPS) is 10.2. The van der Waals surface area contributed by atoms with E-state index < -0.39 is 0 Å². The minimum atomic E-state index is -0.368. The van der Waals surface area contributed by atoms with E-state index in [2.05, 4.69) is 10.9 Å². The highest BCUT2D eigenvalue weighted by molar-refractivity contribution is 5.99. The smallest absolute Gasteiger partial charge is 0.269 e. The number of hydrogen-bond donors (Lipinski definition) is 2. The van der Waals surface area contributed by atoms with Crippen LogP contribution in [0, 0.1) is 0 Å². The van der Waals surface area contributed by atoms with Crippen LogP contribution in [0.3, 0.4) is 0 Å². The molecular formula is C18H20N2O3. The highest BCUT2D eigenvalue weighted by Crippen LogP contribution is 2.06. The van der Waals surface area contributed by atoms with Gasteiger partial charge in [-0.3, -0.25) is 20.4 Å². The number of benzene rings is 2. The number of hydrazine groups is 1. The zero-order chi connectivity index (χ0) is 16.7. The lowest BCUT2D eigenvalue weighted by molar-refractivity contribution is 0.0846. The maximum absolute atomic E-state index is 12.0. The van der Waals surface area contributed by atoms with E-state index >= 15 is 0 Å². The van der Waals surface area contributed by atoms with E-state index in [4.69, 9.17) is 4.74 Å². The second-order valence-electron chi connectivity index (χ2n) is 5.09. The van der Waals surface area contributed by atoms with Gasteiger partial charge in [0.25, 0.3) is 11.8 Å². The Balaban J connectivity index is 1.91. The summed E-state index contributed by atoms with van der Waals surface area (Å²) >= 11 is 0. The molecule has 5 nitrogen and oxygen atoms in total. The van der Waals surface area contributed by atoms with E-state index in [0.29, 0.717) is 17.7 Å². The Morgan fingerprint density at radius 1 is 0.826 bits per heavy atom. The van der Waals surface area contributed by atoms with Crippen molar-refractivity contribution >= 4 is 11.8 Å². The molecule has 0 unspecified atom stereocenters. The summed E-state index contributed by atoms with van der Waals surface area (Å²) in [5.74, 6) is -0.718. The first kappa shape index (κ1) is 16.7. The van der Waals surface area contributed by atoms with Crippen LogP contribution in [0.1, 0.15) is 38.8 Å². The van der Waals surface area contributed by atoms with E-state index in [1.165, 1.54) is 0 Å². The molecule has 0 saturated heterocycles. The summed E-state index contributed by atoms with van der Waals surface area (Å²) in [6.45, 7) is 2.54. The largest absolute Gasteiger partial charge is 0.380 e. The SMILES string of the molecule is CCc1ccc(C(=O)NNC(=O)c2ccc(COC)cc2)cc1. The predicted molar refractivity (Wildman–Crippen MR) is 87.9 cm³/mol. The Morgan fingerprint density at radius 2 is 1.26 bits per heavy atom. The first-order valence-electron chi connectivity index (χ1n) is 7.41. The van der Waals surface area contributed by atoms with Gasteiger partial charge in [-0.2, -0.15) is 0 Å². The average molecular weight is 312 g/mol. The lowest BCUT2D eigenvalue weighted by Gasteiger charge is -2.08. The summed E-state index contributed by atoms with van der Waals surface area (Å²) in [4.78, 5) is 24.0. The zero-order valence-electron chi connectivity index (χ0n) is 13.3. The third-order valence-corrected chi connectivity index (χ3v) is 3.44. The van der Waals surface area contributed by atoms with E-state index in [9.17, 15) is 9.59 Å². The number of rotatable bonds is 5. The van der Waals surface area contributed by atoms with Crippen molar-refractivity contribution in [3.63, 3.8) is 0 Å². The molecule has 2 amide bonds. The van der Waals surface area contributed by atoms with Gasteiger partial charge in [0, 0.05) is 18.2 Å². The van der Waals surface area contributed by atoms with Crippen LogP contribution in [0.2, 0.25) is 0 Å². The molecule has 0 atom stereocenters. The van der Waals surface area contributed by atoms with Crippen molar-refractivity contribution in [1.82, 2.24) is 10.9 Å². The van der Waals surface area contributed by atoms with Gasteiger partial charge >= 0.3 is 0 Å². The van der Waals surface area contributed by atoms with Crippen LogP contribution in [-0.4, -0.2) is 18.9 Å². The summed E-state index contributed by atoms with van der Waals surface area (Å²) in [6, 6.07) is 14.3. The topological polar surface area (TPSA) is 67.4 Å². The fraction of sp³-hybridized carbons (Fsp3) is 0.222. The molecule has 0 bridgehead atoms. The molecule has 0 radical (unpaired) electrons. The van der Waals surface area contributed by atoms with Gasteiger partial charge in [0.2, 0.25) is 0 Å². The van der Waals surface area contributed by atoms with Crippen LogP contribution < -0.4 is 10.9 Å². The van der Waals surface area contributed by atoms with Gasteiger partial charge in [-0.15, -0.1) is 0 Å². The number of amides is 2. The summed E-state index contributed by atoms with van der Waals surface area (Å²) in [6.07, 6.45) is 0.914. The molecule has 2 N–H and O–H groups in total. The monoisotopic (exact) mass is 312 g/mol. The Hall–Kier alpha value is -2.66. The molecule has 2 aromatic carbocycles. The minimum absolute atomic E-state index is 0.350. The van der Waals surface area contributed by atoms with Crippen LogP contribution in [0.25, 0.3) is 0 Å². The molecular weight excluding hydrogens is 292 g/mol. The Morgan fingerprint density at radius 3 is 1.65 bits per heavy atom. The van der Waals surface area contributed by atoms with E-state index in [1.807, 2.05) is 31.2 Å². The lowest BCUT2D eigenvalue weighted by Crippen LogP contribution is -2.41. The van der Waals surface area contributed by atoms with Crippen molar-refractivity contribution in [2.24, 2.45) is 0 Å². The second-order valence-corrected chi connectivity index (χ2v) is 5.09. The first-order valence-corrected chi connectivity index (χ1v) is 7.41. The number of ether oxygens (including phenoxy) is 1. The second kappa shape index (κ2) is 8.10. The standard InChI is InChI=1S/C18H20N2O3/c1-3-13-4-8-15(9-5-13)17(21)19-20-18(22)16-10-6-14(7-11-16)12-23-2/h4-11H,3,12H2,1-2H3,(H,19,21)(H,20,22). The number of methoxy groups -OCH3 is 1. The van der Waals surface area contributed by atoms with E-state index in [0.717, 1.165) is 17.5 Å². The molecule has 0 spiro atoms. The fourth-order valence-electron chi connectivity index (χ4n) is 2.07. The third kappa shape index (κ3) is 4.66. The van der Waals surface area contributed by atoms with Crippen molar-refractivity contribution in [1.29, 1.82) is 0 Å². The number of carbonyl (C=O) groups excluding carboxylic acids is 2. The predicted octanol–water partition coefficient (Wildman–Crippen LogP) is 2.47. The van der Waals surface area contributed by atoms with Crippen LogP contribution in [0.15, 0.2) is 48.5 Å². The van der Waals surface area contributed by atoms with Crippen LogP contribution in [0.5, 0.6) is 0 Å². The number of aryl methyl sites for hydroxylation is 1. The number of nitrogens with one attached hydrogen (secondary N) is 2. The molecule has 0 saturated carbocycles. The minimum Gasteiger partial charge on any atom is -0.380 e. The molecule has 2 rings (SSSR count). The quantitative estimate of drug-likeness (QED) is 0.834. The van der Waals surface area contributed by atoms with Gasteiger partial charge in [-0.1, -0.05) is 31.2 Å². The molecule has 23 heavy (non-hydrogen) atoms. The molecule has 0 aliphatic rings. The molecule has 0 fully saturated rings. The zero-order valence-corrected chi connectivity index (χ0v) is 13.3. The average Bonchev–Trinajstić information content (AvgIpc) is 2.60. The van der Waals surface area contributed by atoms with Gasteiger partial charge in [0.1, 0.15) is 0 Å². The highest BCUT2D eigenvalue weighted by atomic mass is 16.5. The highest BCUT2D eigenvalue weighted by Gasteiger charge is 2.09. The number of hydrogen-bond acceptors (Lipinski definition) is 3. The van der Waals surface area contributed by atoms with Gasteiger partial charge in [-0.25, -0.2) is 0 Å². The fourth-order valence-corrected chi connectivity index (χ4v) is 2.07. The van der Waals surface area contributed by atoms with Crippen molar-refractivity contribution in [2.75, 3.05) is 7.11 Å². The van der Waals surface area contributed by atoms with Crippen LogP contribution in [0.4, 0.5) is 0 Å².